The third kappa shape index (κ3) is 11.4. The lowest BCUT2D eigenvalue weighted by Crippen LogP contribution is -2.40. The molecular formula is C27H48N2O4S. The molecule has 0 aliphatic carbocycles. The van der Waals surface area contributed by atoms with Gasteiger partial charge >= 0.3 is 0 Å². The van der Waals surface area contributed by atoms with Gasteiger partial charge in [-0.05, 0) is 60.6 Å². The zero-order valence-electron chi connectivity index (χ0n) is 22.0. The molecular weight excluding hydrogens is 448 g/mol. The maximum absolute atomic E-state index is 12.6. The van der Waals surface area contributed by atoms with Crippen LogP contribution in [0, 0.1) is 23.7 Å². The fourth-order valence-corrected chi connectivity index (χ4v) is 4.73. The van der Waals surface area contributed by atoms with Crippen molar-refractivity contribution in [2.45, 2.75) is 105 Å². The fourth-order valence-electron chi connectivity index (χ4n) is 3.85. The van der Waals surface area contributed by atoms with Crippen LogP contribution in [0.1, 0.15) is 103 Å². The zero-order chi connectivity index (χ0) is 25.5. The molecule has 1 rings (SSSR count). The molecule has 0 unspecified atom stereocenters. The van der Waals surface area contributed by atoms with Gasteiger partial charge in [0.2, 0.25) is 0 Å². The third-order valence-corrected chi connectivity index (χ3v) is 8.01. The van der Waals surface area contributed by atoms with Crippen molar-refractivity contribution in [3.05, 3.63) is 29.8 Å². The van der Waals surface area contributed by atoms with E-state index in [0.717, 1.165) is 25.2 Å². The van der Waals surface area contributed by atoms with Gasteiger partial charge in [0, 0.05) is 0 Å². The van der Waals surface area contributed by atoms with E-state index >= 15 is 0 Å². The Bertz CT molecular complexity index is 690. The van der Waals surface area contributed by atoms with Crippen LogP contribution in [0.2, 0.25) is 0 Å². The summed E-state index contributed by atoms with van der Waals surface area (Å²) < 4.78 is 9.05. The first kappa shape index (κ1) is 30.8. The average molecular weight is 497 g/mol. The molecule has 0 fully saturated rings. The molecule has 0 saturated heterocycles. The van der Waals surface area contributed by atoms with E-state index in [2.05, 4.69) is 37.9 Å². The van der Waals surface area contributed by atoms with Gasteiger partial charge in [-0.15, -0.1) is 0 Å². The lowest BCUT2D eigenvalue weighted by molar-refractivity contribution is -0.101. The second-order valence-electron chi connectivity index (χ2n) is 9.96. The van der Waals surface area contributed by atoms with E-state index in [1.807, 2.05) is 13.8 Å². The molecule has 0 aliphatic rings. The number of hydrogen-bond acceptors (Lipinski definition) is 6. The number of benzene rings is 1. The highest BCUT2D eigenvalue weighted by Gasteiger charge is 2.27. The van der Waals surface area contributed by atoms with Gasteiger partial charge in [-0.3, -0.25) is 9.52 Å². The van der Waals surface area contributed by atoms with Gasteiger partial charge in [-0.1, -0.05) is 92.2 Å². The Morgan fingerprint density at radius 2 is 1.56 bits per heavy atom. The van der Waals surface area contributed by atoms with Crippen molar-refractivity contribution in [3.8, 4) is 5.75 Å². The minimum atomic E-state index is -0.522. The highest BCUT2D eigenvalue weighted by atomic mass is 32.2. The number of phenolic OH excluding ortho intramolecular Hbond substituents is 1. The standard InChI is InChI=1S/C27H48N2O4S/c1-7-19(3)13-11-14-20(4)15-12-16-22(6)27(33-26(28-32)21(5)8-2)34-29-25(31)23-17-9-10-18-24(23)30/h9-10,17-22,26-28,30,32H,7-8,11-16H2,1-6H3,(H,29,31)/t19-,20-,21-,22-,26-,27-/m0/s1. The summed E-state index contributed by atoms with van der Waals surface area (Å²) >= 11 is 1.21. The number of phenols is 1. The summed E-state index contributed by atoms with van der Waals surface area (Å²) in [5.74, 6) is 1.38. The van der Waals surface area contributed by atoms with Crippen LogP contribution in [0.3, 0.4) is 0 Å². The monoisotopic (exact) mass is 496 g/mol. The number of carbonyl (C=O) groups is 1. The van der Waals surface area contributed by atoms with Gasteiger partial charge in [0.1, 0.15) is 17.4 Å². The number of aromatic hydroxyl groups is 1. The van der Waals surface area contributed by atoms with Crippen molar-refractivity contribution in [2.75, 3.05) is 0 Å². The maximum Gasteiger partial charge on any atom is 0.264 e. The molecule has 0 bridgehead atoms. The topological polar surface area (TPSA) is 90.8 Å². The van der Waals surface area contributed by atoms with Gasteiger partial charge in [-0.2, -0.15) is 5.48 Å². The number of hydrogen-bond donors (Lipinski definition) is 4. The molecule has 6 atom stereocenters. The first-order valence-corrected chi connectivity index (χ1v) is 13.9. The van der Waals surface area contributed by atoms with Crippen LogP contribution in [0.15, 0.2) is 24.3 Å². The molecule has 0 saturated carbocycles. The zero-order valence-corrected chi connectivity index (χ0v) is 22.9. The molecule has 0 aliphatic heterocycles. The summed E-state index contributed by atoms with van der Waals surface area (Å²) in [6.07, 6.45) is 8.71. The third-order valence-electron chi connectivity index (χ3n) is 6.90. The van der Waals surface area contributed by atoms with Gasteiger partial charge in [-0.25, -0.2) is 0 Å². The van der Waals surface area contributed by atoms with Crippen LogP contribution in [0.25, 0.3) is 0 Å². The van der Waals surface area contributed by atoms with Crippen LogP contribution in [-0.2, 0) is 4.74 Å². The summed E-state index contributed by atoms with van der Waals surface area (Å²) in [7, 11) is 0. The number of carbonyl (C=O) groups excluding carboxylic acids is 1. The van der Waals surface area contributed by atoms with Crippen molar-refractivity contribution in [1.82, 2.24) is 10.2 Å². The van der Waals surface area contributed by atoms with Crippen molar-refractivity contribution >= 4 is 17.9 Å². The first-order chi connectivity index (χ1) is 16.2. The number of nitrogens with one attached hydrogen (secondary N) is 2. The lowest BCUT2D eigenvalue weighted by Gasteiger charge is -2.30. The van der Waals surface area contributed by atoms with Crippen molar-refractivity contribution in [1.29, 1.82) is 0 Å². The summed E-state index contributed by atoms with van der Waals surface area (Å²) in [4.78, 5) is 12.6. The van der Waals surface area contributed by atoms with E-state index in [9.17, 15) is 15.1 Å². The molecule has 0 aromatic heterocycles. The maximum atomic E-state index is 12.6. The Morgan fingerprint density at radius 1 is 0.941 bits per heavy atom. The van der Waals surface area contributed by atoms with Crippen molar-refractivity contribution < 1.29 is 19.8 Å². The van der Waals surface area contributed by atoms with Crippen LogP contribution >= 0.6 is 11.9 Å². The Kier molecular flexibility index (Phi) is 15.6. The molecule has 196 valence electrons. The lowest BCUT2D eigenvalue weighted by atomic mass is 9.92. The van der Waals surface area contributed by atoms with Crippen molar-refractivity contribution in [3.63, 3.8) is 0 Å². The molecule has 34 heavy (non-hydrogen) atoms. The Morgan fingerprint density at radius 3 is 2.15 bits per heavy atom. The predicted molar refractivity (Wildman–Crippen MR) is 142 cm³/mol. The average Bonchev–Trinajstić information content (AvgIpc) is 2.83. The molecule has 0 radical (unpaired) electrons. The highest BCUT2D eigenvalue weighted by Crippen LogP contribution is 2.28. The van der Waals surface area contributed by atoms with Crippen LogP contribution in [-0.4, -0.2) is 27.9 Å². The van der Waals surface area contributed by atoms with Gasteiger partial charge in [0.05, 0.1) is 5.56 Å². The van der Waals surface area contributed by atoms with Gasteiger partial charge < -0.3 is 15.1 Å². The van der Waals surface area contributed by atoms with Crippen LogP contribution < -0.4 is 10.2 Å². The molecule has 4 N–H and O–H groups in total. The van der Waals surface area contributed by atoms with E-state index in [-0.39, 0.29) is 34.5 Å². The molecule has 1 aromatic rings. The largest absolute Gasteiger partial charge is 0.507 e. The van der Waals surface area contributed by atoms with Crippen LogP contribution in [0.5, 0.6) is 5.75 Å². The SMILES string of the molecule is CC[C@H](C)CCC[C@H](C)CCC[C@H](C)[C@@H](O[C@H](NO)[C@@H](C)CC)SNC(=O)c1ccccc1O. The summed E-state index contributed by atoms with van der Waals surface area (Å²) in [6.45, 7) is 13.1. The van der Waals surface area contributed by atoms with Crippen LogP contribution in [0.4, 0.5) is 0 Å². The Balaban J connectivity index is 2.66. The second-order valence-corrected chi connectivity index (χ2v) is 10.9. The van der Waals surface area contributed by atoms with E-state index < -0.39 is 6.23 Å². The summed E-state index contributed by atoms with van der Waals surface area (Å²) in [5, 5.41) is 19.6. The van der Waals surface area contributed by atoms with Gasteiger partial charge in [0.25, 0.3) is 5.91 Å². The number of hydroxylamine groups is 1. The summed E-state index contributed by atoms with van der Waals surface area (Å²) in [6, 6.07) is 6.48. The fraction of sp³-hybridized carbons (Fsp3) is 0.741. The number of amides is 1. The van der Waals surface area contributed by atoms with Crippen molar-refractivity contribution in [2.24, 2.45) is 23.7 Å². The first-order valence-electron chi connectivity index (χ1n) is 13.0. The highest BCUT2D eigenvalue weighted by molar-refractivity contribution is 7.98. The number of para-hydroxylation sites is 1. The van der Waals surface area contributed by atoms with E-state index in [4.69, 9.17) is 4.74 Å². The molecule has 1 amide bonds. The van der Waals surface area contributed by atoms with E-state index in [0.29, 0.717) is 5.92 Å². The second kappa shape index (κ2) is 17.2. The van der Waals surface area contributed by atoms with E-state index in [1.165, 1.54) is 50.1 Å². The van der Waals surface area contributed by atoms with Gasteiger partial charge in [0.15, 0.2) is 0 Å². The predicted octanol–water partition coefficient (Wildman–Crippen LogP) is 7.12. The molecule has 0 spiro atoms. The molecule has 0 heterocycles. The van der Waals surface area contributed by atoms with E-state index in [1.54, 1.807) is 18.2 Å². The minimum absolute atomic E-state index is 0.0528. The number of rotatable bonds is 18. The Hall–Kier alpha value is -1.28. The Labute approximate surface area is 211 Å². The molecule has 7 heteroatoms. The quantitative estimate of drug-likeness (QED) is 0.0982. The minimum Gasteiger partial charge on any atom is -0.507 e. The normalized spacial score (nSPS) is 16.9. The summed E-state index contributed by atoms with van der Waals surface area (Å²) in [5.41, 5.74) is 2.18. The number of ether oxygens (including phenoxy) is 1. The molecule has 1 aromatic carbocycles. The smallest absolute Gasteiger partial charge is 0.264 e. The molecule has 6 nitrogen and oxygen atoms in total.